The van der Waals surface area contributed by atoms with E-state index in [9.17, 15) is 4.79 Å². The van der Waals surface area contributed by atoms with Gasteiger partial charge in [-0.25, -0.2) is 0 Å². The second-order valence-electron chi connectivity index (χ2n) is 6.47. The Morgan fingerprint density at radius 3 is 2.55 bits per heavy atom. The molecule has 1 aliphatic rings. The molecule has 0 saturated heterocycles. The van der Waals surface area contributed by atoms with E-state index >= 15 is 0 Å². The third kappa shape index (κ3) is 3.44. The number of carbonyl (C=O) groups excluding carboxylic acids is 1. The zero-order valence-corrected chi connectivity index (χ0v) is 12.6. The first-order valence-electron chi connectivity index (χ1n) is 7.29. The highest BCUT2D eigenvalue weighted by molar-refractivity contribution is 6.00. The molecule has 0 bridgehead atoms. The van der Waals surface area contributed by atoms with E-state index < -0.39 is 0 Å². The first kappa shape index (κ1) is 14.7. The second kappa shape index (κ2) is 5.73. The van der Waals surface area contributed by atoms with Crippen molar-refractivity contribution in [3.63, 3.8) is 0 Å². The molecule has 4 N–H and O–H groups in total. The van der Waals surface area contributed by atoms with E-state index in [1.165, 1.54) is 12.8 Å². The van der Waals surface area contributed by atoms with Gasteiger partial charge in [-0.3, -0.25) is 4.79 Å². The molecule has 4 nitrogen and oxygen atoms in total. The number of nitrogen functional groups attached to an aromatic ring is 1. The third-order valence-electron chi connectivity index (χ3n) is 4.21. The SMILES string of the molecule is CNC(=O)c1ccc(N)cc1NC1CCC(C)(C)CC1. The Morgan fingerprint density at radius 2 is 1.95 bits per heavy atom. The number of anilines is 2. The fraction of sp³-hybridized carbons (Fsp3) is 0.562. The standard InChI is InChI=1S/C16H25N3O/c1-16(2)8-6-12(7-9-16)19-14-10-11(17)4-5-13(14)15(20)18-3/h4-5,10,12,19H,6-9,17H2,1-3H3,(H,18,20). The summed E-state index contributed by atoms with van der Waals surface area (Å²) in [5.41, 5.74) is 8.47. The maximum absolute atomic E-state index is 11.9. The number of rotatable bonds is 3. The minimum Gasteiger partial charge on any atom is -0.399 e. The number of nitrogens with two attached hydrogens (primary N) is 1. The Morgan fingerprint density at radius 1 is 1.30 bits per heavy atom. The first-order chi connectivity index (χ1) is 9.41. The molecular formula is C16H25N3O. The predicted molar refractivity (Wildman–Crippen MR) is 83.9 cm³/mol. The summed E-state index contributed by atoms with van der Waals surface area (Å²) in [6.07, 6.45) is 4.69. The molecule has 1 fully saturated rings. The van der Waals surface area contributed by atoms with Gasteiger partial charge in [0, 0.05) is 24.5 Å². The quantitative estimate of drug-likeness (QED) is 0.743. The van der Waals surface area contributed by atoms with Crippen molar-refractivity contribution in [2.24, 2.45) is 5.41 Å². The predicted octanol–water partition coefficient (Wildman–Crippen LogP) is 3.01. The summed E-state index contributed by atoms with van der Waals surface area (Å²) in [7, 11) is 1.64. The zero-order valence-electron chi connectivity index (χ0n) is 12.6. The molecule has 1 aromatic carbocycles. The molecule has 1 amide bonds. The van der Waals surface area contributed by atoms with Crippen LogP contribution in [0.5, 0.6) is 0 Å². The maximum Gasteiger partial charge on any atom is 0.253 e. The average molecular weight is 275 g/mol. The van der Waals surface area contributed by atoms with Crippen molar-refractivity contribution in [3.05, 3.63) is 23.8 Å². The Kier molecular flexibility index (Phi) is 4.21. The summed E-state index contributed by atoms with van der Waals surface area (Å²) in [4.78, 5) is 11.9. The van der Waals surface area contributed by atoms with Crippen LogP contribution in [0.2, 0.25) is 0 Å². The minimum absolute atomic E-state index is 0.0800. The van der Waals surface area contributed by atoms with E-state index in [1.807, 2.05) is 6.07 Å². The van der Waals surface area contributed by atoms with E-state index in [0.717, 1.165) is 18.5 Å². The Bertz CT molecular complexity index is 486. The smallest absolute Gasteiger partial charge is 0.253 e. The van der Waals surface area contributed by atoms with Crippen molar-refractivity contribution in [1.82, 2.24) is 5.32 Å². The van der Waals surface area contributed by atoms with Crippen LogP contribution in [0.3, 0.4) is 0 Å². The van der Waals surface area contributed by atoms with Crippen LogP contribution in [-0.2, 0) is 0 Å². The molecule has 0 atom stereocenters. The molecule has 110 valence electrons. The fourth-order valence-corrected chi connectivity index (χ4v) is 2.78. The lowest BCUT2D eigenvalue weighted by atomic mass is 9.75. The van der Waals surface area contributed by atoms with Crippen LogP contribution in [0.25, 0.3) is 0 Å². The zero-order chi connectivity index (χ0) is 14.8. The molecule has 0 radical (unpaired) electrons. The molecule has 1 saturated carbocycles. The second-order valence-corrected chi connectivity index (χ2v) is 6.47. The highest BCUT2D eigenvalue weighted by Crippen LogP contribution is 2.36. The van der Waals surface area contributed by atoms with Crippen molar-refractivity contribution in [1.29, 1.82) is 0 Å². The van der Waals surface area contributed by atoms with E-state index in [0.29, 0.717) is 22.7 Å². The largest absolute Gasteiger partial charge is 0.399 e. The van der Waals surface area contributed by atoms with Gasteiger partial charge in [0.25, 0.3) is 5.91 Å². The van der Waals surface area contributed by atoms with Crippen molar-refractivity contribution in [2.45, 2.75) is 45.6 Å². The van der Waals surface area contributed by atoms with Crippen LogP contribution in [0, 0.1) is 5.41 Å². The van der Waals surface area contributed by atoms with Gasteiger partial charge >= 0.3 is 0 Å². The molecular weight excluding hydrogens is 250 g/mol. The maximum atomic E-state index is 11.9. The Balaban J connectivity index is 2.12. The van der Waals surface area contributed by atoms with Crippen molar-refractivity contribution in [3.8, 4) is 0 Å². The van der Waals surface area contributed by atoms with E-state index in [1.54, 1.807) is 19.2 Å². The molecule has 20 heavy (non-hydrogen) atoms. The monoisotopic (exact) mass is 275 g/mol. The molecule has 0 spiro atoms. The summed E-state index contributed by atoms with van der Waals surface area (Å²) in [5, 5.41) is 6.17. The van der Waals surface area contributed by atoms with E-state index in [2.05, 4.69) is 24.5 Å². The van der Waals surface area contributed by atoms with Gasteiger partial charge in [0.15, 0.2) is 0 Å². The lowest BCUT2D eigenvalue weighted by Gasteiger charge is -2.35. The summed E-state index contributed by atoms with van der Waals surface area (Å²) in [6, 6.07) is 5.82. The molecule has 0 aromatic heterocycles. The van der Waals surface area contributed by atoms with E-state index in [4.69, 9.17) is 5.73 Å². The lowest BCUT2D eigenvalue weighted by molar-refractivity contribution is 0.0964. The van der Waals surface area contributed by atoms with Gasteiger partial charge in [-0.1, -0.05) is 13.8 Å². The van der Waals surface area contributed by atoms with Gasteiger partial charge in [0.05, 0.1) is 5.56 Å². The van der Waals surface area contributed by atoms with Gasteiger partial charge in [0.2, 0.25) is 0 Å². The van der Waals surface area contributed by atoms with Crippen LogP contribution in [-0.4, -0.2) is 19.0 Å². The van der Waals surface area contributed by atoms with Crippen molar-refractivity contribution < 1.29 is 4.79 Å². The molecule has 2 rings (SSSR count). The van der Waals surface area contributed by atoms with E-state index in [-0.39, 0.29) is 5.91 Å². The summed E-state index contributed by atoms with van der Waals surface area (Å²) in [6.45, 7) is 4.64. The number of nitrogens with one attached hydrogen (secondary N) is 2. The van der Waals surface area contributed by atoms with Crippen molar-refractivity contribution in [2.75, 3.05) is 18.1 Å². The van der Waals surface area contributed by atoms with Gasteiger partial charge in [-0.2, -0.15) is 0 Å². The van der Waals surface area contributed by atoms with Gasteiger partial charge in [-0.05, 0) is 49.3 Å². The van der Waals surface area contributed by atoms with Crippen molar-refractivity contribution >= 4 is 17.3 Å². The average Bonchev–Trinajstić information content (AvgIpc) is 2.40. The van der Waals surface area contributed by atoms with Crippen LogP contribution in [0.1, 0.15) is 49.9 Å². The lowest BCUT2D eigenvalue weighted by Crippen LogP contribution is -2.31. The molecule has 4 heteroatoms. The van der Waals surface area contributed by atoms with Gasteiger partial charge in [0.1, 0.15) is 0 Å². The topological polar surface area (TPSA) is 67.2 Å². The number of benzene rings is 1. The first-order valence-corrected chi connectivity index (χ1v) is 7.29. The van der Waals surface area contributed by atoms with Crippen LogP contribution in [0.15, 0.2) is 18.2 Å². The highest BCUT2D eigenvalue weighted by atomic mass is 16.1. The molecule has 0 heterocycles. The van der Waals surface area contributed by atoms with Crippen LogP contribution >= 0.6 is 0 Å². The van der Waals surface area contributed by atoms with Gasteiger partial charge < -0.3 is 16.4 Å². The van der Waals surface area contributed by atoms with Crippen LogP contribution in [0.4, 0.5) is 11.4 Å². The fourth-order valence-electron chi connectivity index (χ4n) is 2.78. The molecule has 1 aromatic rings. The van der Waals surface area contributed by atoms with Gasteiger partial charge in [-0.15, -0.1) is 0 Å². The normalized spacial score (nSPS) is 18.6. The Labute approximate surface area is 121 Å². The summed E-state index contributed by atoms with van der Waals surface area (Å²) >= 11 is 0. The summed E-state index contributed by atoms with van der Waals surface area (Å²) < 4.78 is 0. The molecule has 0 unspecified atom stereocenters. The number of hydrogen-bond donors (Lipinski definition) is 3. The molecule has 1 aliphatic carbocycles. The number of amides is 1. The highest BCUT2D eigenvalue weighted by Gasteiger charge is 2.27. The third-order valence-corrected chi connectivity index (χ3v) is 4.21. The summed E-state index contributed by atoms with van der Waals surface area (Å²) in [5.74, 6) is -0.0800. The molecule has 0 aliphatic heterocycles. The number of hydrogen-bond acceptors (Lipinski definition) is 3. The number of carbonyl (C=O) groups is 1. The van der Waals surface area contributed by atoms with Crippen LogP contribution < -0.4 is 16.4 Å². The Hall–Kier alpha value is -1.71. The minimum atomic E-state index is -0.0800.